The van der Waals surface area contributed by atoms with Crippen LogP contribution in [0.2, 0.25) is 0 Å². The van der Waals surface area contributed by atoms with Crippen molar-refractivity contribution in [1.29, 1.82) is 0 Å². The van der Waals surface area contributed by atoms with Gasteiger partial charge in [0.15, 0.2) is 0 Å². The second kappa shape index (κ2) is 4.96. The summed E-state index contributed by atoms with van der Waals surface area (Å²) in [5.74, 6) is 0.715. The molecule has 0 aliphatic heterocycles. The lowest BCUT2D eigenvalue weighted by Gasteiger charge is -2.33. The highest BCUT2D eigenvalue weighted by molar-refractivity contribution is 7.40. The summed E-state index contributed by atoms with van der Waals surface area (Å²) in [5.41, 5.74) is 0. The number of hydrogen-bond acceptors (Lipinski definition) is 0. The van der Waals surface area contributed by atoms with E-state index in [0.717, 1.165) is 8.58 Å². The molecule has 0 fully saturated rings. The number of hydrogen-bond donors (Lipinski definition) is 0. The SMILES string of the molecule is CCCCPC1(C)C=CC=CC1C. The Morgan fingerprint density at radius 2 is 2.15 bits per heavy atom. The molecule has 0 bridgehead atoms. The molecule has 0 saturated carbocycles. The maximum atomic E-state index is 2.39. The van der Waals surface area contributed by atoms with Crippen LogP contribution in [0.5, 0.6) is 0 Å². The Balaban J connectivity index is 2.45. The van der Waals surface area contributed by atoms with Crippen molar-refractivity contribution in [1.82, 2.24) is 0 Å². The smallest absolute Gasteiger partial charge is 0.00903 e. The van der Waals surface area contributed by atoms with Crippen LogP contribution in [0.3, 0.4) is 0 Å². The van der Waals surface area contributed by atoms with Gasteiger partial charge in [-0.25, -0.2) is 0 Å². The molecule has 1 aliphatic carbocycles. The Bertz CT molecular complexity index is 205. The fraction of sp³-hybridized carbons (Fsp3) is 0.667. The van der Waals surface area contributed by atoms with E-state index in [9.17, 15) is 0 Å². The minimum absolute atomic E-state index is 0.448. The van der Waals surface area contributed by atoms with Gasteiger partial charge in [-0.3, -0.25) is 0 Å². The first-order valence-electron chi connectivity index (χ1n) is 5.30. The van der Waals surface area contributed by atoms with Gasteiger partial charge in [-0.15, -0.1) is 8.58 Å². The highest BCUT2D eigenvalue weighted by Gasteiger charge is 2.27. The summed E-state index contributed by atoms with van der Waals surface area (Å²) in [7, 11) is 1.08. The van der Waals surface area contributed by atoms with Gasteiger partial charge >= 0.3 is 0 Å². The lowest BCUT2D eigenvalue weighted by Crippen LogP contribution is -2.25. The van der Waals surface area contributed by atoms with E-state index in [1.54, 1.807) is 0 Å². The Hall–Kier alpha value is -0.0900. The minimum Gasteiger partial charge on any atom is -0.111 e. The molecule has 0 N–H and O–H groups in total. The number of unbranched alkanes of at least 4 members (excludes halogenated alkanes) is 1. The van der Waals surface area contributed by atoms with Crippen molar-refractivity contribution >= 4 is 8.58 Å². The monoisotopic (exact) mass is 196 g/mol. The average molecular weight is 196 g/mol. The largest absolute Gasteiger partial charge is 0.111 e. The van der Waals surface area contributed by atoms with Crippen molar-refractivity contribution in [2.75, 3.05) is 6.16 Å². The molecular formula is C12H21P. The van der Waals surface area contributed by atoms with Crippen molar-refractivity contribution in [3.8, 4) is 0 Å². The van der Waals surface area contributed by atoms with Gasteiger partial charge in [0.25, 0.3) is 0 Å². The van der Waals surface area contributed by atoms with Crippen molar-refractivity contribution in [2.24, 2.45) is 5.92 Å². The van der Waals surface area contributed by atoms with E-state index in [1.165, 1.54) is 19.0 Å². The summed E-state index contributed by atoms with van der Waals surface area (Å²) in [4.78, 5) is 0. The Morgan fingerprint density at radius 1 is 1.38 bits per heavy atom. The summed E-state index contributed by atoms with van der Waals surface area (Å²) < 4.78 is 0. The molecule has 0 nitrogen and oxygen atoms in total. The van der Waals surface area contributed by atoms with Gasteiger partial charge in [-0.1, -0.05) is 51.5 Å². The van der Waals surface area contributed by atoms with Gasteiger partial charge in [-0.05, 0) is 18.5 Å². The van der Waals surface area contributed by atoms with Crippen LogP contribution < -0.4 is 0 Å². The van der Waals surface area contributed by atoms with Crippen LogP contribution in [0.15, 0.2) is 24.3 Å². The molecule has 74 valence electrons. The highest BCUT2D eigenvalue weighted by Crippen LogP contribution is 2.42. The van der Waals surface area contributed by atoms with E-state index < -0.39 is 0 Å². The van der Waals surface area contributed by atoms with Crippen LogP contribution in [-0.2, 0) is 0 Å². The Morgan fingerprint density at radius 3 is 2.77 bits per heavy atom. The molecule has 1 aliphatic rings. The fourth-order valence-corrected chi connectivity index (χ4v) is 3.29. The van der Waals surface area contributed by atoms with E-state index in [-0.39, 0.29) is 0 Å². The Kier molecular flexibility index (Phi) is 4.19. The van der Waals surface area contributed by atoms with Gasteiger partial charge < -0.3 is 0 Å². The van der Waals surface area contributed by atoms with Crippen LogP contribution in [0.25, 0.3) is 0 Å². The molecule has 0 aromatic rings. The first-order chi connectivity index (χ1) is 6.19. The Labute approximate surface area is 84.3 Å². The molecule has 0 spiro atoms. The van der Waals surface area contributed by atoms with Crippen LogP contribution in [-0.4, -0.2) is 11.3 Å². The summed E-state index contributed by atoms with van der Waals surface area (Å²) in [6, 6.07) is 0. The maximum absolute atomic E-state index is 2.39. The van der Waals surface area contributed by atoms with Crippen molar-refractivity contribution in [2.45, 2.75) is 38.8 Å². The van der Waals surface area contributed by atoms with E-state index in [1.807, 2.05) is 0 Å². The molecule has 3 unspecified atom stereocenters. The second-order valence-electron chi connectivity index (χ2n) is 4.10. The molecule has 0 saturated heterocycles. The van der Waals surface area contributed by atoms with Gasteiger partial charge in [0.2, 0.25) is 0 Å². The van der Waals surface area contributed by atoms with E-state index >= 15 is 0 Å². The van der Waals surface area contributed by atoms with Crippen LogP contribution >= 0.6 is 8.58 Å². The first kappa shape index (κ1) is 11.0. The number of rotatable bonds is 4. The lowest BCUT2D eigenvalue weighted by molar-refractivity contribution is 0.593. The van der Waals surface area contributed by atoms with E-state index in [0.29, 0.717) is 11.1 Å². The highest BCUT2D eigenvalue weighted by atomic mass is 31.1. The minimum atomic E-state index is 0.448. The molecule has 0 aromatic heterocycles. The summed E-state index contributed by atoms with van der Waals surface area (Å²) >= 11 is 0. The predicted octanol–water partition coefficient (Wildman–Crippen LogP) is 3.99. The normalized spacial score (nSPS) is 33.3. The summed E-state index contributed by atoms with van der Waals surface area (Å²) in [6.45, 7) is 7.00. The van der Waals surface area contributed by atoms with Crippen molar-refractivity contribution in [3.63, 3.8) is 0 Å². The van der Waals surface area contributed by atoms with Gasteiger partial charge in [0.05, 0.1) is 0 Å². The average Bonchev–Trinajstić information content (AvgIpc) is 2.11. The molecule has 1 heteroatoms. The molecule has 0 heterocycles. The molecule has 13 heavy (non-hydrogen) atoms. The number of allylic oxidation sites excluding steroid dienone is 4. The van der Waals surface area contributed by atoms with Crippen molar-refractivity contribution < 1.29 is 0 Å². The zero-order chi connectivity index (χ0) is 9.73. The third-order valence-electron chi connectivity index (χ3n) is 2.94. The lowest BCUT2D eigenvalue weighted by atomic mass is 9.91. The molecular weight excluding hydrogens is 175 g/mol. The standard InChI is InChI=1S/C12H21P/c1-4-5-10-13-12(3)9-7-6-8-11(12)2/h6-9,11,13H,4-5,10H2,1-3H3. The quantitative estimate of drug-likeness (QED) is 0.471. The predicted molar refractivity (Wildman–Crippen MR) is 63.9 cm³/mol. The third kappa shape index (κ3) is 2.95. The molecule has 3 atom stereocenters. The third-order valence-corrected chi connectivity index (χ3v) is 4.92. The summed E-state index contributed by atoms with van der Waals surface area (Å²) in [6.07, 6.45) is 13.2. The second-order valence-corrected chi connectivity index (χ2v) is 6.03. The van der Waals surface area contributed by atoms with E-state index in [2.05, 4.69) is 45.1 Å². The summed E-state index contributed by atoms with van der Waals surface area (Å²) in [5, 5.41) is 0.448. The van der Waals surface area contributed by atoms with Gasteiger partial charge in [0.1, 0.15) is 0 Å². The van der Waals surface area contributed by atoms with Gasteiger partial charge in [-0.2, -0.15) is 0 Å². The zero-order valence-electron chi connectivity index (χ0n) is 9.01. The maximum Gasteiger partial charge on any atom is 0.00903 e. The molecule has 1 rings (SSSR count). The molecule has 0 aromatic carbocycles. The van der Waals surface area contributed by atoms with Crippen LogP contribution in [0.1, 0.15) is 33.6 Å². The van der Waals surface area contributed by atoms with Crippen LogP contribution in [0.4, 0.5) is 0 Å². The fourth-order valence-electron chi connectivity index (χ4n) is 1.59. The first-order valence-corrected chi connectivity index (χ1v) is 6.51. The topological polar surface area (TPSA) is 0 Å². The molecule has 0 radical (unpaired) electrons. The molecule has 0 amide bonds. The van der Waals surface area contributed by atoms with Crippen molar-refractivity contribution in [3.05, 3.63) is 24.3 Å². The van der Waals surface area contributed by atoms with E-state index in [4.69, 9.17) is 0 Å². The van der Waals surface area contributed by atoms with Gasteiger partial charge in [0, 0.05) is 5.16 Å². The zero-order valence-corrected chi connectivity index (χ0v) is 10.0. The van der Waals surface area contributed by atoms with Crippen LogP contribution in [0, 0.1) is 5.92 Å².